The fourth-order valence-corrected chi connectivity index (χ4v) is 1.43. The molecule has 68 valence electrons. The molecule has 2 heterocycles. The summed E-state index contributed by atoms with van der Waals surface area (Å²) in [5.41, 5.74) is 1.49. The van der Waals surface area contributed by atoms with E-state index in [1.807, 2.05) is 32.0 Å². The van der Waals surface area contributed by atoms with E-state index in [4.69, 9.17) is 0 Å². The molecule has 0 saturated heterocycles. The van der Waals surface area contributed by atoms with E-state index in [0.717, 1.165) is 5.69 Å². The molecule has 2 rings (SSSR count). The molecule has 0 aliphatic rings. The van der Waals surface area contributed by atoms with Gasteiger partial charge in [-0.05, 0) is 18.1 Å². The van der Waals surface area contributed by atoms with Crippen LogP contribution in [0.5, 0.6) is 0 Å². The standard InChI is InChI=1S/C9H11N3O/c1-6(2)7-4-3-5-8-10-11-9(13)12(7)8/h3-6H,1-2H3,(H,11,13). The van der Waals surface area contributed by atoms with Gasteiger partial charge in [-0.2, -0.15) is 5.10 Å². The third kappa shape index (κ3) is 1.14. The van der Waals surface area contributed by atoms with Gasteiger partial charge < -0.3 is 0 Å². The second-order valence-electron chi connectivity index (χ2n) is 3.33. The molecule has 0 fully saturated rings. The number of hydrogen-bond donors (Lipinski definition) is 1. The summed E-state index contributed by atoms with van der Waals surface area (Å²) < 4.78 is 1.60. The van der Waals surface area contributed by atoms with Crippen molar-refractivity contribution in [2.75, 3.05) is 0 Å². The van der Waals surface area contributed by atoms with Crippen LogP contribution in [-0.2, 0) is 0 Å². The molecular weight excluding hydrogens is 166 g/mol. The molecule has 0 aliphatic carbocycles. The van der Waals surface area contributed by atoms with Gasteiger partial charge in [0.1, 0.15) is 0 Å². The number of rotatable bonds is 1. The van der Waals surface area contributed by atoms with Gasteiger partial charge in [-0.1, -0.05) is 19.9 Å². The molecular formula is C9H11N3O. The van der Waals surface area contributed by atoms with Crippen molar-refractivity contribution in [1.82, 2.24) is 14.6 Å². The summed E-state index contributed by atoms with van der Waals surface area (Å²) in [6.45, 7) is 4.10. The minimum absolute atomic E-state index is 0.167. The Bertz CT molecular complexity index is 481. The van der Waals surface area contributed by atoms with Gasteiger partial charge in [0, 0.05) is 5.69 Å². The van der Waals surface area contributed by atoms with Crippen molar-refractivity contribution in [1.29, 1.82) is 0 Å². The number of hydrogen-bond acceptors (Lipinski definition) is 2. The molecule has 0 bridgehead atoms. The van der Waals surface area contributed by atoms with Crippen LogP contribution in [0.1, 0.15) is 25.5 Å². The molecule has 0 radical (unpaired) electrons. The van der Waals surface area contributed by atoms with E-state index < -0.39 is 0 Å². The normalized spacial score (nSPS) is 11.3. The van der Waals surface area contributed by atoms with Gasteiger partial charge in [0.2, 0.25) is 0 Å². The van der Waals surface area contributed by atoms with E-state index in [1.165, 1.54) is 0 Å². The Morgan fingerprint density at radius 3 is 2.92 bits per heavy atom. The molecule has 13 heavy (non-hydrogen) atoms. The smallest absolute Gasteiger partial charge is 0.247 e. The van der Waals surface area contributed by atoms with E-state index in [2.05, 4.69) is 10.2 Å². The molecule has 4 nitrogen and oxygen atoms in total. The summed E-state index contributed by atoms with van der Waals surface area (Å²) in [5.74, 6) is 0.319. The Balaban J connectivity index is 2.88. The molecule has 0 atom stereocenters. The highest BCUT2D eigenvalue weighted by atomic mass is 16.1. The predicted molar refractivity (Wildman–Crippen MR) is 49.9 cm³/mol. The number of nitrogens with zero attached hydrogens (tertiary/aromatic N) is 2. The maximum absolute atomic E-state index is 11.3. The van der Waals surface area contributed by atoms with E-state index in [9.17, 15) is 4.79 Å². The molecule has 0 spiro atoms. The van der Waals surface area contributed by atoms with Gasteiger partial charge in [-0.25, -0.2) is 14.3 Å². The van der Waals surface area contributed by atoms with Crippen molar-refractivity contribution in [3.63, 3.8) is 0 Å². The molecule has 4 heteroatoms. The Kier molecular flexibility index (Phi) is 1.69. The largest absolute Gasteiger partial charge is 0.347 e. The van der Waals surface area contributed by atoms with Crippen molar-refractivity contribution in [2.24, 2.45) is 0 Å². The quantitative estimate of drug-likeness (QED) is 0.710. The van der Waals surface area contributed by atoms with Crippen molar-refractivity contribution in [3.05, 3.63) is 34.4 Å². The third-order valence-corrected chi connectivity index (χ3v) is 2.06. The zero-order chi connectivity index (χ0) is 9.42. The Labute approximate surface area is 75.2 Å². The van der Waals surface area contributed by atoms with Crippen LogP contribution >= 0.6 is 0 Å². The second kappa shape index (κ2) is 2.73. The lowest BCUT2D eigenvalue weighted by molar-refractivity contribution is 0.788. The summed E-state index contributed by atoms with van der Waals surface area (Å²) in [4.78, 5) is 11.3. The highest BCUT2D eigenvalue weighted by Gasteiger charge is 2.07. The zero-order valence-corrected chi connectivity index (χ0v) is 7.61. The van der Waals surface area contributed by atoms with Crippen molar-refractivity contribution in [2.45, 2.75) is 19.8 Å². The highest BCUT2D eigenvalue weighted by Crippen LogP contribution is 2.12. The van der Waals surface area contributed by atoms with Crippen LogP contribution < -0.4 is 5.69 Å². The van der Waals surface area contributed by atoms with Crippen LogP contribution in [-0.4, -0.2) is 14.6 Å². The Morgan fingerprint density at radius 1 is 1.46 bits per heavy atom. The number of aromatic amines is 1. The number of nitrogens with one attached hydrogen (secondary N) is 1. The fourth-order valence-electron chi connectivity index (χ4n) is 1.43. The molecule has 2 aromatic rings. The van der Waals surface area contributed by atoms with Crippen LogP contribution in [0.2, 0.25) is 0 Å². The minimum atomic E-state index is -0.167. The Hall–Kier alpha value is -1.58. The topological polar surface area (TPSA) is 50.2 Å². The van der Waals surface area contributed by atoms with Crippen LogP contribution in [0.15, 0.2) is 23.0 Å². The first-order chi connectivity index (χ1) is 6.20. The van der Waals surface area contributed by atoms with Gasteiger partial charge in [0.25, 0.3) is 0 Å². The number of aromatic nitrogens is 3. The van der Waals surface area contributed by atoms with Gasteiger partial charge >= 0.3 is 5.69 Å². The van der Waals surface area contributed by atoms with Crippen LogP contribution in [0.3, 0.4) is 0 Å². The van der Waals surface area contributed by atoms with Crippen LogP contribution in [0.4, 0.5) is 0 Å². The minimum Gasteiger partial charge on any atom is -0.247 e. The summed E-state index contributed by atoms with van der Waals surface area (Å²) in [6, 6.07) is 5.66. The lowest BCUT2D eigenvalue weighted by Crippen LogP contribution is -2.14. The zero-order valence-electron chi connectivity index (χ0n) is 7.61. The van der Waals surface area contributed by atoms with E-state index in [1.54, 1.807) is 4.40 Å². The van der Waals surface area contributed by atoms with E-state index >= 15 is 0 Å². The molecule has 0 aromatic carbocycles. The lowest BCUT2D eigenvalue weighted by atomic mass is 10.1. The van der Waals surface area contributed by atoms with Crippen molar-refractivity contribution < 1.29 is 0 Å². The summed E-state index contributed by atoms with van der Waals surface area (Å²) in [7, 11) is 0. The monoisotopic (exact) mass is 177 g/mol. The SMILES string of the molecule is CC(C)c1cccc2n[nH]c(=O)n12. The number of fused-ring (bicyclic) bond motifs is 1. The summed E-state index contributed by atoms with van der Waals surface area (Å²) >= 11 is 0. The first-order valence-electron chi connectivity index (χ1n) is 4.26. The highest BCUT2D eigenvalue weighted by molar-refractivity contribution is 5.38. The number of H-pyrrole nitrogens is 1. The first-order valence-corrected chi connectivity index (χ1v) is 4.26. The fraction of sp³-hybridized carbons (Fsp3) is 0.333. The molecule has 0 aliphatic heterocycles. The van der Waals surface area contributed by atoms with Crippen molar-refractivity contribution >= 4 is 5.65 Å². The van der Waals surface area contributed by atoms with E-state index in [-0.39, 0.29) is 5.69 Å². The summed E-state index contributed by atoms with van der Waals surface area (Å²) in [5, 5.41) is 6.32. The Morgan fingerprint density at radius 2 is 2.23 bits per heavy atom. The average Bonchev–Trinajstić information content (AvgIpc) is 2.48. The van der Waals surface area contributed by atoms with Crippen molar-refractivity contribution in [3.8, 4) is 0 Å². The molecule has 0 unspecified atom stereocenters. The maximum atomic E-state index is 11.3. The predicted octanol–water partition coefficient (Wildman–Crippen LogP) is 1.15. The third-order valence-electron chi connectivity index (χ3n) is 2.06. The van der Waals surface area contributed by atoms with Gasteiger partial charge in [0.15, 0.2) is 5.65 Å². The molecule has 0 saturated carbocycles. The van der Waals surface area contributed by atoms with E-state index in [0.29, 0.717) is 11.6 Å². The average molecular weight is 177 g/mol. The lowest BCUT2D eigenvalue weighted by Gasteiger charge is -2.06. The number of pyridine rings is 1. The van der Waals surface area contributed by atoms with Gasteiger partial charge in [-0.3, -0.25) is 0 Å². The first kappa shape index (κ1) is 8.04. The second-order valence-corrected chi connectivity index (χ2v) is 3.33. The summed E-state index contributed by atoms with van der Waals surface area (Å²) in [6.07, 6.45) is 0. The van der Waals surface area contributed by atoms with Crippen LogP contribution in [0.25, 0.3) is 5.65 Å². The maximum Gasteiger partial charge on any atom is 0.347 e. The van der Waals surface area contributed by atoms with Gasteiger partial charge in [0.05, 0.1) is 0 Å². The van der Waals surface area contributed by atoms with Gasteiger partial charge in [-0.15, -0.1) is 0 Å². The molecule has 1 N–H and O–H groups in total. The molecule has 0 amide bonds. The molecule has 2 aromatic heterocycles. The van der Waals surface area contributed by atoms with Crippen LogP contribution in [0, 0.1) is 0 Å².